The Morgan fingerprint density at radius 2 is 1.65 bits per heavy atom. The molecule has 0 aromatic heterocycles. The molecule has 1 saturated heterocycles. The minimum Gasteiger partial charge on any atom is -0.349 e. The monoisotopic (exact) mass is 351 g/mol. The molecular weight excluding hydrogens is 326 g/mol. The number of urea groups is 1. The van der Waals surface area contributed by atoms with Gasteiger partial charge in [0.2, 0.25) is 0 Å². The Hall–Kier alpha value is -2.82. The van der Waals surface area contributed by atoms with Crippen molar-refractivity contribution in [3.05, 3.63) is 65.2 Å². The number of aryl methyl sites for hydroxylation is 2. The van der Waals surface area contributed by atoms with Gasteiger partial charge < -0.3 is 15.5 Å². The van der Waals surface area contributed by atoms with Crippen LogP contribution in [0.15, 0.2) is 48.5 Å². The molecule has 2 aromatic carbocycles. The van der Waals surface area contributed by atoms with E-state index in [0.29, 0.717) is 18.7 Å². The Morgan fingerprint density at radius 3 is 2.31 bits per heavy atom. The summed E-state index contributed by atoms with van der Waals surface area (Å²) in [5, 5.41) is 6.01. The first-order chi connectivity index (χ1) is 12.5. The summed E-state index contributed by atoms with van der Waals surface area (Å²) >= 11 is 0. The maximum Gasteiger partial charge on any atom is 0.321 e. The zero-order valence-corrected chi connectivity index (χ0v) is 15.3. The molecule has 1 aliphatic rings. The number of rotatable bonds is 3. The first kappa shape index (κ1) is 18.0. The molecule has 1 heterocycles. The molecule has 136 valence electrons. The Kier molecular flexibility index (Phi) is 5.56. The standard InChI is InChI=1S/C21H25N3O2/c1-15-6-8-17(9-7-15)20(25)22-18-10-12-24(13-11-18)21(26)23-19-5-3-4-16(2)14-19/h3-9,14,18H,10-13H2,1-2H3,(H,22,25)(H,23,26). The smallest absolute Gasteiger partial charge is 0.321 e. The maximum atomic E-state index is 12.4. The van der Waals surface area contributed by atoms with E-state index >= 15 is 0 Å². The molecule has 2 aromatic rings. The zero-order valence-electron chi connectivity index (χ0n) is 15.3. The molecule has 0 bridgehead atoms. The lowest BCUT2D eigenvalue weighted by molar-refractivity contribution is 0.0919. The number of amides is 3. The molecular formula is C21H25N3O2. The highest BCUT2D eigenvalue weighted by Crippen LogP contribution is 2.15. The summed E-state index contributed by atoms with van der Waals surface area (Å²) in [6, 6.07) is 15.3. The summed E-state index contributed by atoms with van der Waals surface area (Å²) in [5.41, 5.74) is 3.73. The number of hydrogen-bond acceptors (Lipinski definition) is 2. The Balaban J connectivity index is 1.48. The molecule has 0 radical (unpaired) electrons. The van der Waals surface area contributed by atoms with Crippen molar-refractivity contribution in [3.8, 4) is 0 Å². The molecule has 3 amide bonds. The van der Waals surface area contributed by atoms with Gasteiger partial charge in [-0.1, -0.05) is 29.8 Å². The molecule has 0 spiro atoms. The van der Waals surface area contributed by atoms with Gasteiger partial charge in [0, 0.05) is 30.4 Å². The molecule has 1 aliphatic heterocycles. The quantitative estimate of drug-likeness (QED) is 0.885. The average Bonchev–Trinajstić information content (AvgIpc) is 2.63. The van der Waals surface area contributed by atoms with E-state index in [1.165, 1.54) is 0 Å². The summed E-state index contributed by atoms with van der Waals surface area (Å²) in [4.78, 5) is 26.5. The van der Waals surface area contributed by atoms with E-state index in [2.05, 4.69) is 10.6 Å². The van der Waals surface area contributed by atoms with Gasteiger partial charge in [-0.2, -0.15) is 0 Å². The first-order valence-electron chi connectivity index (χ1n) is 9.01. The van der Waals surface area contributed by atoms with Crippen LogP contribution in [0.1, 0.15) is 34.3 Å². The molecule has 1 fully saturated rings. The molecule has 2 N–H and O–H groups in total. The van der Waals surface area contributed by atoms with Gasteiger partial charge in [0.15, 0.2) is 0 Å². The van der Waals surface area contributed by atoms with E-state index in [1.807, 2.05) is 62.4 Å². The molecule has 0 atom stereocenters. The van der Waals surface area contributed by atoms with Gasteiger partial charge in [0.05, 0.1) is 0 Å². The third-order valence-electron chi connectivity index (χ3n) is 4.70. The van der Waals surface area contributed by atoms with Gasteiger partial charge >= 0.3 is 6.03 Å². The number of hydrogen-bond donors (Lipinski definition) is 2. The van der Waals surface area contributed by atoms with Crippen molar-refractivity contribution < 1.29 is 9.59 Å². The van der Waals surface area contributed by atoms with E-state index in [1.54, 1.807) is 4.90 Å². The fraction of sp³-hybridized carbons (Fsp3) is 0.333. The van der Waals surface area contributed by atoms with Gasteiger partial charge in [-0.3, -0.25) is 4.79 Å². The number of nitrogens with one attached hydrogen (secondary N) is 2. The lowest BCUT2D eigenvalue weighted by atomic mass is 10.0. The van der Waals surface area contributed by atoms with Crippen LogP contribution in [0.4, 0.5) is 10.5 Å². The van der Waals surface area contributed by atoms with Gasteiger partial charge in [0.1, 0.15) is 0 Å². The van der Waals surface area contributed by atoms with Gasteiger partial charge in [-0.15, -0.1) is 0 Å². The summed E-state index contributed by atoms with van der Waals surface area (Å²) < 4.78 is 0. The largest absolute Gasteiger partial charge is 0.349 e. The molecule has 5 heteroatoms. The van der Waals surface area contributed by atoms with E-state index < -0.39 is 0 Å². The fourth-order valence-electron chi connectivity index (χ4n) is 3.13. The number of nitrogens with zero attached hydrogens (tertiary/aromatic N) is 1. The third-order valence-corrected chi connectivity index (χ3v) is 4.70. The second-order valence-corrected chi connectivity index (χ2v) is 6.90. The minimum absolute atomic E-state index is 0.0485. The van der Waals surface area contributed by atoms with Crippen LogP contribution in [-0.2, 0) is 0 Å². The SMILES string of the molecule is Cc1ccc(C(=O)NC2CCN(C(=O)Nc3cccc(C)c3)CC2)cc1. The van der Waals surface area contributed by atoms with Crippen LogP contribution in [0.2, 0.25) is 0 Å². The molecule has 0 aliphatic carbocycles. The van der Waals surface area contributed by atoms with E-state index in [4.69, 9.17) is 0 Å². The van der Waals surface area contributed by atoms with Crippen molar-refractivity contribution in [2.24, 2.45) is 0 Å². The van der Waals surface area contributed by atoms with E-state index in [-0.39, 0.29) is 18.0 Å². The lowest BCUT2D eigenvalue weighted by Gasteiger charge is -2.32. The Morgan fingerprint density at radius 1 is 0.962 bits per heavy atom. The summed E-state index contributed by atoms with van der Waals surface area (Å²) in [7, 11) is 0. The van der Waals surface area contributed by atoms with Crippen molar-refractivity contribution in [3.63, 3.8) is 0 Å². The predicted octanol–water partition coefficient (Wildman–Crippen LogP) is 3.73. The number of carbonyl (C=O) groups excluding carboxylic acids is 2. The van der Waals surface area contributed by atoms with E-state index in [0.717, 1.165) is 29.7 Å². The summed E-state index contributed by atoms with van der Waals surface area (Å²) in [6.07, 6.45) is 1.53. The van der Waals surface area contributed by atoms with Crippen LogP contribution >= 0.6 is 0 Å². The number of carbonyl (C=O) groups is 2. The second-order valence-electron chi connectivity index (χ2n) is 6.90. The number of benzene rings is 2. The molecule has 26 heavy (non-hydrogen) atoms. The van der Waals surface area contributed by atoms with E-state index in [9.17, 15) is 9.59 Å². The van der Waals surface area contributed by atoms with Crippen molar-refractivity contribution >= 4 is 17.6 Å². The van der Waals surface area contributed by atoms with Gasteiger partial charge in [-0.05, 0) is 56.5 Å². The number of piperidine rings is 1. The van der Waals surface area contributed by atoms with Crippen LogP contribution in [0.5, 0.6) is 0 Å². The average molecular weight is 351 g/mol. The Labute approximate surface area is 154 Å². The molecule has 3 rings (SSSR count). The summed E-state index contributed by atoms with van der Waals surface area (Å²) in [6.45, 7) is 5.27. The predicted molar refractivity (Wildman–Crippen MR) is 103 cm³/mol. The van der Waals surface area contributed by atoms with Crippen molar-refractivity contribution in [2.75, 3.05) is 18.4 Å². The lowest BCUT2D eigenvalue weighted by Crippen LogP contribution is -2.47. The zero-order chi connectivity index (χ0) is 18.5. The van der Waals surface area contributed by atoms with Crippen molar-refractivity contribution in [1.29, 1.82) is 0 Å². The highest BCUT2D eigenvalue weighted by molar-refractivity contribution is 5.94. The van der Waals surface area contributed by atoms with Crippen LogP contribution in [0.3, 0.4) is 0 Å². The first-order valence-corrected chi connectivity index (χ1v) is 9.01. The molecule has 0 unspecified atom stereocenters. The highest BCUT2D eigenvalue weighted by atomic mass is 16.2. The minimum atomic E-state index is -0.0843. The summed E-state index contributed by atoms with van der Waals surface area (Å²) in [5.74, 6) is -0.0485. The topological polar surface area (TPSA) is 61.4 Å². The third kappa shape index (κ3) is 4.63. The fourth-order valence-corrected chi connectivity index (χ4v) is 3.13. The van der Waals surface area contributed by atoms with Crippen molar-refractivity contribution in [2.45, 2.75) is 32.7 Å². The van der Waals surface area contributed by atoms with Gasteiger partial charge in [0.25, 0.3) is 5.91 Å². The van der Waals surface area contributed by atoms with Crippen molar-refractivity contribution in [1.82, 2.24) is 10.2 Å². The highest BCUT2D eigenvalue weighted by Gasteiger charge is 2.24. The maximum absolute atomic E-state index is 12.4. The van der Waals surface area contributed by atoms with Crippen LogP contribution in [0.25, 0.3) is 0 Å². The Bertz CT molecular complexity index is 778. The normalized spacial score (nSPS) is 14.8. The van der Waals surface area contributed by atoms with Crippen LogP contribution < -0.4 is 10.6 Å². The van der Waals surface area contributed by atoms with Crippen LogP contribution in [-0.4, -0.2) is 36.0 Å². The molecule has 0 saturated carbocycles. The number of likely N-dealkylation sites (tertiary alicyclic amines) is 1. The second kappa shape index (κ2) is 8.04. The molecule has 5 nitrogen and oxygen atoms in total. The number of anilines is 1. The van der Waals surface area contributed by atoms with Crippen LogP contribution in [0, 0.1) is 13.8 Å². The van der Waals surface area contributed by atoms with Gasteiger partial charge in [-0.25, -0.2) is 4.79 Å².